The second-order valence-electron chi connectivity index (χ2n) is 8.54. The van der Waals surface area contributed by atoms with Crippen molar-refractivity contribution in [1.29, 1.82) is 0 Å². The van der Waals surface area contributed by atoms with Gasteiger partial charge in [0.25, 0.3) is 11.5 Å². The van der Waals surface area contributed by atoms with Crippen LogP contribution >= 0.6 is 0 Å². The van der Waals surface area contributed by atoms with Crippen LogP contribution < -0.4 is 5.32 Å². The van der Waals surface area contributed by atoms with E-state index in [1.165, 1.54) is 49.8 Å². The number of halogens is 6. The zero-order chi connectivity index (χ0) is 29.2. The van der Waals surface area contributed by atoms with Crippen LogP contribution in [0.4, 0.5) is 32.0 Å². The van der Waals surface area contributed by atoms with Gasteiger partial charge in [0, 0.05) is 31.1 Å². The van der Waals surface area contributed by atoms with Gasteiger partial charge in [0.1, 0.15) is 6.04 Å². The lowest BCUT2D eigenvalue weighted by molar-refractivity contribution is -0.376. The molecule has 2 aromatic carbocycles. The van der Waals surface area contributed by atoms with E-state index >= 15 is 0 Å². The maximum absolute atomic E-state index is 13.2. The summed E-state index contributed by atoms with van der Waals surface area (Å²) in [6.07, 6.45) is -9.40. The van der Waals surface area contributed by atoms with Gasteiger partial charge in [0.2, 0.25) is 0 Å². The van der Waals surface area contributed by atoms with Gasteiger partial charge in [-0.2, -0.15) is 26.3 Å². The summed E-state index contributed by atoms with van der Waals surface area (Å²) in [5.41, 5.74) is -5.78. The third-order valence-electron chi connectivity index (χ3n) is 6.04. The topological polar surface area (TPSA) is 105 Å². The van der Waals surface area contributed by atoms with Gasteiger partial charge in [-0.05, 0) is 35.4 Å². The van der Waals surface area contributed by atoms with Crippen molar-refractivity contribution in [3.63, 3.8) is 0 Å². The third-order valence-corrected chi connectivity index (χ3v) is 7.71. The van der Waals surface area contributed by atoms with E-state index in [0.717, 1.165) is 12.1 Å². The Morgan fingerprint density at radius 3 is 2.23 bits per heavy atom. The SMILES string of the molecule is COC=CN1Cc2cc(S(=O)(=O)CCOC)ccc2C1C(=O)Nc1ccc(C(O)(C(F)(F)F)C(F)(F)F)cc1. The van der Waals surface area contributed by atoms with Crippen molar-refractivity contribution < 1.29 is 54.1 Å². The summed E-state index contributed by atoms with van der Waals surface area (Å²) >= 11 is 0. The highest BCUT2D eigenvalue weighted by molar-refractivity contribution is 7.91. The summed E-state index contributed by atoms with van der Waals surface area (Å²) in [5, 5.41) is 12.0. The molecule has 0 fully saturated rings. The van der Waals surface area contributed by atoms with Crippen molar-refractivity contribution >= 4 is 21.4 Å². The largest absolute Gasteiger partial charge is 0.503 e. The van der Waals surface area contributed by atoms with Crippen LogP contribution in [-0.2, 0) is 36.3 Å². The first-order valence-corrected chi connectivity index (χ1v) is 12.8. The molecular weight excluding hydrogens is 558 g/mol. The van der Waals surface area contributed by atoms with E-state index in [1.807, 2.05) is 0 Å². The number of hydrogen-bond acceptors (Lipinski definition) is 7. The fourth-order valence-electron chi connectivity index (χ4n) is 4.02. The van der Waals surface area contributed by atoms with E-state index in [1.54, 1.807) is 0 Å². The van der Waals surface area contributed by atoms with Gasteiger partial charge in [-0.15, -0.1) is 0 Å². The second kappa shape index (κ2) is 11.1. The molecule has 1 amide bonds. The van der Waals surface area contributed by atoms with Crippen LogP contribution in [-0.4, -0.2) is 63.3 Å². The Balaban J connectivity index is 1.91. The Morgan fingerprint density at radius 1 is 1.08 bits per heavy atom. The van der Waals surface area contributed by atoms with Crippen LogP contribution in [0, 0.1) is 0 Å². The number of ether oxygens (including phenoxy) is 2. The number of hydrogen-bond donors (Lipinski definition) is 2. The number of carbonyl (C=O) groups excluding carboxylic acids is 1. The fraction of sp³-hybridized carbons (Fsp3) is 0.375. The minimum atomic E-state index is -6.05. The normalized spacial score (nSPS) is 16.4. The molecule has 0 bridgehead atoms. The molecule has 0 saturated carbocycles. The predicted octanol–water partition coefficient (Wildman–Crippen LogP) is 4.03. The number of sulfone groups is 1. The van der Waals surface area contributed by atoms with E-state index in [9.17, 15) is 44.7 Å². The Labute approximate surface area is 219 Å². The van der Waals surface area contributed by atoms with Crippen LogP contribution in [0.15, 0.2) is 59.8 Å². The second-order valence-corrected chi connectivity index (χ2v) is 10.6. The first-order valence-electron chi connectivity index (χ1n) is 11.1. The summed E-state index contributed by atoms with van der Waals surface area (Å²) in [6.45, 7) is 0.0827. The van der Waals surface area contributed by atoms with Gasteiger partial charge < -0.3 is 24.8 Å². The Bertz CT molecular complexity index is 1310. The van der Waals surface area contributed by atoms with Crippen LogP contribution in [0.5, 0.6) is 0 Å². The Kier molecular flexibility index (Phi) is 8.57. The highest BCUT2D eigenvalue weighted by Gasteiger charge is 2.71. The molecule has 214 valence electrons. The fourth-order valence-corrected chi connectivity index (χ4v) is 5.24. The van der Waals surface area contributed by atoms with Gasteiger partial charge in [-0.1, -0.05) is 18.2 Å². The van der Waals surface area contributed by atoms with E-state index in [4.69, 9.17) is 9.47 Å². The van der Waals surface area contributed by atoms with Gasteiger partial charge in [0.15, 0.2) is 9.84 Å². The van der Waals surface area contributed by atoms with Crippen molar-refractivity contribution in [2.24, 2.45) is 0 Å². The molecule has 3 rings (SSSR count). The summed E-state index contributed by atoms with van der Waals surface area (Å²) < 4.78 is 114. The van der Waals surface area contributed by atoms with E-state index < -0.39 is 45.3 Å². The van der Waals surface area contributed by atoms with Crippen molar-refractivity contribution in [1.82, 2.24) is 4.90 Å². The van der Waals surface area contributed by atoms with E-state index in [-0.39, 0.29) is 29.5 Å². The highest BCUT2D eigenvalue weighted by Crippen LogP contribution is 2.50. The van der Waals surface area contributed by atoms with Gasteiger partial charge in [-0.25, -0.2) is 8.42 Å². The quantitative estimate of drug-likeness (QED) is 0.340. The highest BCUT2D eigenvalue weighted by atomic mass is 32.2. The first kappa shape index (κ1) is 30.2. The summed E-state index contributed by atoms with van der Waals surface area (Å²) in [4.78, 5) is 14.7. The smallest absolute Gasteiger partial charge is 0.430 e. The summed E-state index contributed by atoms with van der Waals surface area (Å²) in [5.74, 6) is -0.966. The molecule has 1 atom stereocenters. The number of nitrogens with one attached hydrogen (secondary N) is 1. The van der Waals surface area contributed by atoms with Crippen molar-refractivity contribution in [3.8, 4) is 0 Å². The molecule has 2 aromatic rings. The van der Waals surface area contributed by atoms with Crippen LogP contribution in [0.25, 0.3) is 0 Å². The molecule has 0 aliphatic carbocycles. The zero-order valence-electron chi connectivity index (χ0n) is 20.5. The molecule has 1 aliphatic rings. The molecular formula is C24H24F6N2O6S. The lowest BCUT2D eigenvalue weighted by Crippen LogP contribution is -2.53. The first-order chi connectivity index (χ1) is 18.1. The average molecular weight is 583 g/mol. The Morgan fingerprint density at radius 2 is 1.69 bits per heavy atom. The molecule has 8 nitrogen and oxygen atoms in total. The van der Waals surface area contributed by atoms with Gasteiger partial charge in [0.05, 0.1) is 30.6 Å². The van der Waals surface area contributed by atoms with Crippen LogP contribution in [0.2, 0.25) is 0 Å². The average Bonchev–Trinajstić information content (AvgIpc) is 3.22. The number of alkyl halides is 6. The number of methoxy groups -OCH3 is 2. The molecule has 0 aromatic heterocycles. The predicted molar refractivity (Wildman–Crippen MR) is 126 cm³/mol. The van der Waals surface area contributed by atoms with E-state index in [0.29, 0.717) is 23.3 Å². The van der Waals surface area contributed by atoms with Gasteiger partial charge in [-0.3, -0.25) is 4.79 Å². The lowest BCUT2D eigenvalue weighted by atomic mass is 9.92. The van der Waals surface area contributed by atoms with Crippen LogP contribution in [0.1, 0.15) is 22.7 Å². The Hall–Kier alpha value is -3.30. The number of aliphatic hydroxyl groups is 1. The molecule has 1 unspecified atom stereocenters. The number of amides is 1. The molecule has 0 spiro atoms. The molecule has 39 heavy (non-hydrogen) atoms. The number of nitrogens with zero attached hydrogens (tertiary/aromatic N) is 1. The molecule has 0 saturated heterocycles. The number of anilines is 1. The molecule has 1 heterocycles. The van der Waals surface area contributed by atoms with Crippen molar-refractivity contribution in [3.05, 3.63) is 71.6 Å². The minimum Gasteiger partial charge on any atom is -0.503 e. The maximum Gasteiger partial charge on any atom is 0.430 e. The van der Waals surface area contributed by atoms with Crippen LogP contribution in [0.3, 0.4) is 0 Å². The molecule has 0 radical (unpaired) electrons. The zero-order valence-corrected chi connectivity index (χ0v) is 21.3. The number of rotatable bonds is 9. The molecule has 1 aliphatic heterocycles. The maximum atomic E-state index is 13.2. The summed E-state index contributed by atoms with van der Waals surface area (Å²) in [6, 6.07) is 5.60. The lowest BCUT2D eigenvalue weighted by Gasteiger charge is -2.32. The molecule has 2 N–H and O–H groups in total. The number of fused-ring (bicyclic) bond motifs is 1. The monoisotopic (exact) mass is 582 g/mol. The molecule has 15 heteroatoms. The standard InChI is InChI=1S/C24H24F6N2O6S/c1-37-10-9-32-14-15-13-18(39(35,36)12-11-38-2)7-8-19(15)20(32)21(33)31-17-5-3-16(4-6-17)22(34,23(25,26)27)24(28,29)30/h3-10,13,20,34H,11-12,14H2,1-2H3,(H,31,33). The number of carbonyl (C=O) groups is 1. The van der Waals surface area contributed by atoms with Gasteiger partial charge >= 0.3 is 12.4 Å². The minimum absolute atomic E-state index is 0.0186. The summed E-state index contributed by atoms with van der Waals surface area (Å²) in [7, 11) is -0.945. The third kappa shape index (κ3) is 5.99. The number of benzene rings is 2. The van der Waals surface area contributed by atoms with Crippen molar-refractivity contribution in [2.75, 3.05) is 31.9 Å². The van der Waals surface area contributed by atoms with E-state index in [2.05, 4.69) is 5.32 Å². The van der Waals surface area contributed by atoms with Crippen molar-refractivity contribution in [2.45, 2.75) is 35.4 Å².